The Morgan fingerprint density at radius 1 is 1.07 bits per heavy atom. The number of alkyl halides is 3. The molecule has 0 radical (unpaired) electrons. The fourth-order valence-electron chi connectivity index (χ4n) is 0.870. The highest BCUT2D eigenvalue weighted by molar-refractivity contribution is 6.33. The summed E-state index contributed by atoms with van der Waals surface area (Å²) >= 11 is 0. The zero-order valence-corrected chi connectivity index (χ0v) is 7.23. The van der Waals surface area contributed by atoms with Crippen LogP contribution in [0.5, 0.6) is 11.5 Å². The van der Waals surface area contributed by atoms with Gasteiger partial charge in [0.2, 0.25) is 0 Å². The van der Waals surface area contributed by atoms with Crippen LogP contribution in [0.25, 0.3) is 0 Å². The Labute approximate surface area is 83.0 Å². The lowest BCUT2D eigenvalue weighted by Crippen LogP contribution is -2.23. The lowest BCUT2D eigenvalue weighted by Gasteiger charge is -2.13. The van der Waals surface area contributed by atoms with Gasteiger partial charge in [-0.2, -0.15) is 0 Å². The summed E-state index contributed by atoms with van der Waals surface area (Å²) in [5.41, 5.74) is 0. The van der Waals surface area contributed by atoms with Gasteiger partial charge in [0.05, 0.1) is 0 Å². The van der Waals surface area contributed by atoms with Gasteiger partial charge >= 0.3 is 13.7 Å². The molecule has 8 heteroatoms. The predicted octanol–water partition coefficient (Wildman–Crippen LogP) is 0.933. The third-order valence-corrected chi connectivity index (χ3v) is 1.31. The number of hydrogen-bond acceptors (Lipinski definition) is 4. The topological polar surface area (TPSA) is 58.9 Å². The fraction of sp³-hybridized carbons (Fsp3) is 0.143. The Balaban J connectivity index is 2.86. The number of para-hydroxylation sites is 2. The van der Waals surface area contributed by atoms with Gasteiger partial charge in [-0.05, 0) is 12.1 Å². The molecule has 0 spiro atoms. The van der Waals surface area contributed by atoms with E-state index < -0.39 is 25.2 Å². The first-order chi connectivity index (χ1) is 6.88. The summed E-state index contributed by atoms with van der Waals surface area (Å²) in [5, 5.41) is 16.9. The zero-order valence-electron chi connectivity index (χ0n) is 7.23. The van der Waals surface area contributed by atoms with Gasteiger partial charge in [0.25, 0.3) is 0 Å². The quantitative estimate of drug-likeness (QED) is 0.747. The highest BCUT2D eigenvalue weighted by Crippen LogP contribution is 2.31. The SMILES string of the molecule is OB(O)Oc1ccccc1OC(F)(F)F. The summed E-state index contributed by atoms with van der Waals surface area (Å²) in [7, 11) is -2.21. The van der Waals surface area contributed by atoms with Gasteiger partial charge in [-0.25, -0.2) is 0 Å². The van der Waals surface area contributed by atoms with Crippen LogP contribution in [0.1, 0.15) is 0 Å². The smallest absolute Gasteiger partial charge is 0.509 e. The number of benzene rings is 1. The number of hydrogen-bond donors (Lipinski definition) is 2. The number of ether oxygens (including phenoxy) is 1. The second-order valence-electron chi connectivity index (χ2n) is 2.44. The molecule has 1 rings (SSSR count). The van der Waals surface area contributed by atoms with Gasteiger partial charge in [0, 0.05) is 0 Å². The number of halogens is 3. The molecule has 0 aliphatic rings. The van der Waals surface area contributed by atoms with Crippen molar-refractivity contribution >= 4 is 7.32 Å². The molecule has 0 fully saturated rings. The van der Waals surface area contributed by atoms with Crippen molar-refractivity contribution in [3.05, 3.63) is 24.3 Å². The third-order valence-electron chi connectivity index (χ3n) is 1.31. The van der Waals surface area contributed by atoms with Gasteiger partial charge in [-0.1, -0.05) is 12.1 Å². The largest absolute Gasteiger partial charge is 0.707 e. The standard InChI is InChI=1S/C7H6BF3O4/c9-7(10,11)14-5-3-1-2-4-6(5)15-8(12)13/h1-4,12-13H. The van der Waals surface area contributed by atoms with Crippen molar-refractivity contribution in [2.24, 2.45) is 0 Å². The molecule has 0 heterocycles. The molecule has 82 valence electrons. The van der Waals surface area contributed by atoms with Crippen molar-refractivity contribution in [3.8, 4) is 11.5 Å². The van der Waals surface area contributed by atoms with E-state index in [0.717, 1.165) is 12.1 Å². The maximum Gasteiger partial charge on any atom is 0.707 e. The Kier molecular flexibility index (Phi) is 3.43. The fourth-order valence-corrected chi connectivity index (χ4v) is 0.870. The second-order valence-corrected chi connectivity index (χ2v) is 2.44. The molecule has 2 N–H and O–H groups in total. The summed E-state index contributed by atoms with van der Waals surface area (Å²) in [6.07, 6.45) is -4.86. The lowest BCUT2D eigenvalue weighted by atomic mass is 10.2. The summed E-state index contributed by atoms with van der Waals surface area (Å²) in [6.45, 7) is 0. The van der Waals surface area contributed by atoms with Crippen LogP contribution in [0.3, 0.4) is 0 Å². The maximum atomic E-state index is 11.9. The van der Waals surface area contributed by atoms with Crippen LogP contribution >= 0.6 is 0 Å². The average molecular weight is 222 g/mol. The highest BCUT2D eigenvalue weighted by Gasteiger charge is 2.32. The lowest BCUT2D eigenvalue weighted by molar-refractivity contribution is -0.275. The van der Waals surface area contributed by atoms with E-state index in [4.69, 9.17) is 10.0 Å². The normalized spacial score (nSPS) is 11.0. The van der Waals surface area contributed by atoms with Crippen LogP contribution in [0.4, 0.5) is 13.2 Å². The van der Waals surface area contributed by atoms with Crippen molar-refractivity contribution in [2.75, 3.05) is 0 Å². The molecular formula is C7H6BF3O4. The zero-order chi connectivity index (χ0) is 11.5. The minimum absolute atomic E-state index is 0.412. The molecule has 1 aromatic rings. The van der Waals surface area contributed by atoms with Crippen LogP contribution in [0.15, 0.2) is 24.3 Å². The Morgan fingerprint density at radius 2 is 1.60 bits per heavy atom. The minimum atomic E-state index is -4.86. The van der Waals surface area contributed by atoms with Crippen LogP contribution < -0.4 is 9.39 Å². The van der Waals surface area contributed by atoms with Gasteiger partial charge < -0.3 is 19.4 Å². The van der Waals surface area contributed by atoms with Crippen molar-refractivity contribution < 1.29 is 32.6 Å². The first-order valence-corrected chi connectivity index (χ1v) is 3.76. The monoisotopic (exact) mass is 222 g/mol. The summed E-state index contributed by atoms with van der Waals surface area (Å²) in [6, 6.07) is 4.75. The highest BCUT2D eigenvalue weighted by atomic mass is 19.4. The molecule has 4 nitrogen and oxygen atoms in total. The molecule has 0 aliphatic carbocycles. The Morgan fingerprint density at radius 3 is 2.07 bits per heavy atom. The molecule has 0 aliphatic heterocycles. The summed E-state index contributed by atoms with van der Waals surface area (Å²) in [5.74, 6) is -1.05. The van der Waals surface area contributed by atoms with E-state index in [-0.39, 0.29) is 0 Å². The van der Waals surface area contributed by atoms with Crippen LogP contribution in [0.2, 0.25) is 0 Å². The average Bonchev–Trinajstić information content (AvgIpc) is 2.05. The molecule has 15 heavy (non-hydrogen) atoms. The van der Waals surface area contributed by atoms with Crippen molar-refractivity contribution in [1.29, 1.82) is 0 Å². The molecule has 0 bridgehead atoms. The van der Waals surface area contributed by atoms with Gasteiger partial charge in [-0.3, -0.25) is 0 Å². The predicted molar refractivity (Wildman–Crippen MR) is 43.9 cm³/mol. The van der Waals surface area contributed by atoms with Gasteiger partial charge in [0.1, 0.15) is 5.75 Å². The van der Waals surface area contributed by atoms with E-state index in [1.807, 2.05) is 0 Å². The van der Waals surface area contributed by atoms with Crippen LogP contribution in [-0.2, 0) is 0 Å². The van der Waals surface area contributed by atoms with E-state index in [1.165, 1.54) is 12.1 Å². The van der Waals surface area contributed by atoms with Crippen molar-refractivity contribution in [3.63, 3.8) is 0 Å². The van der Waals surface area contributed by atoms with Crippen LogP contribution in [0, 0.1) is 0 Å². The summed E-state index contributed by atoms with van der Waals surface area (Å²) < 4.78 is 43.4. The van der Waals surface area contributed by atoms with Crippen LogP contribution in [-0.4, -0.2) is 23.7 Å². The van der Waals surface area contributed by atoms with Crippen molar-refractivity contribution in [1.82, 2.24) is 0 Å². The van der Waals surface area contributed by atoms with E-state index in [2.05, 4.69) is 9.39 Å². The third kappa shape index (κ3) is 4.09. The minimum Gasteiger partial charge on any atom is -0.509 e. The Hall–Kier alpha value is -1.41. The molecule has 0 amide bonds. The van der Waals surface area contributed by atoms with E-state index in [9.17, 15) is 13.2 Å². The molecule has 0 saturated carbocycles. The second kappa shape index (κ2) is 4.41. The van der Waals surface area contributed by atoms with E-state index in [0.29, 0.717) is 0 Å². The molecule has 0 aromatic heterocycles. The van der Waals surface area contributed by atoms with Gasteiger partial charge in [-0.15, -0.1) is 13.2 Å². The number of rotatable bonds is 3. The molecular weight excluding hydrogens is 216 g/mol. The summed E-state index contributed by atoms with van der Waals surface area (Å²) in [4.78, 5) is 0. The first kappa shape index (κ1) is 11.7. The molecule has 0 atom stereocenters. The first-order valence-electron chi connectivity index (χ1n) is 3.76. The maximum absolute atomic E-state index is 11.9. The molecule has 1 aromatic carbocycles. The van der Waals surface area contributed by atoms with Crippen molar-refractivity contribution in [2.45, 2.75) is 6.36 Å². The van der Waals surface area contributed by atoms with Gasteiger partial charge in [0.15, 0.2) is 5.75 Å². The van der Waals surface area contributed by atoms with E-state index in [1.54, 1.807) is 0 Å². The van der Waals surface area contributed by atoms with E-state index >= 15 is 0 Å². The molecule has 0 unspecified atom stereocenters. The molecule has 0 saturated heterocycles. The Bertz CT molecular complexity index is 328.